The first-order chi connectivity index (χ1) is 9.87. The molecule has 0 aromatic heterocycles. The molecule has 0 saturated carbocycles. The van der Waals surface area contributed by atoms with E-state index < -0.39 is 0 Å². The zero-order chi connectivity index (χ0) is 13.2. The summed E-state index contributed by atoms with van der Waals surface area (Å²) in [4.78, 5) is 2.29. The molecule has 1 aromatic rings. The summed E-state index contributed by atoms with van der Waals surface area (Å²) in [7, 11) is 0. The van der Waals surface area contributed by atoms with E-state index in [0.717, 1.165) is 17.9 Å². The van der Waals surface area contributed by atoms with Crippen LogP contribution in [0.2, 0.25) is 0 Å². The molecule has 4 aliphatic rings. The van der Waals surface area contributed by atoms with Crippen molar-refractivity contribution in [1.29, 1.82) is 0 Å². The molecule has 0 saturated heterocycles. The Bertz CT molecular complexity index is 742. The highest BCUT2D eigenvalue weighted by Gasteiger charge is 2.42. The molecule has 1 aliphatic carbocycles. The van der Waals surface area contributed by atoms with Crippen LogP contribution in [0, 0.1) is 0 Å². The van der Waals surface area contributed by atoms with Gasteiger partial charge in [0.25, 0.3) is 0 Å². The molecule has 1 spiro atoms. The lowest BCUT2D eigenvalue weighted by Gasteiger charge is -2.34. The Kier molecular flexibility index (Phi) is 1.75. The summed E-state index contributed by atoms with van der Waals surface area (Å²) in [5.74, 6) is 1.69. The normalized spacial score (nSPS) is 27.2. The second-order valence-corrected chi connectivity index (χ2v) is 5.47. The maximum Gasteiger partial charge on any atom is 0.231 e. The predicted molar refractivity (Wildman–Crippen MR) is 77.0 cm³/mol. The molecule has 1 unspecified atom stereocenters. The first-order valence-electron chi connectivity index (χ1n) is 6.84. The molecule has 5 rings (SSSR count). The van der Waals surface area contributed by atoms with E-state index in [4.69, 9.17) is 9.47 Å². The Labute approximate surface area is 117 Å². The van der Waals surface area contributed by atoms with E-state index in [2.05, 4.69) is 59.8 Å². The van der Waals surface area contributed by atoms with Gasteiger partial charge in [0, 0.05) is 12.4 Å². The lowest BCUT2D eigenvalue weighted by molar-refractivity contribution is 0.174. The molecule has 20 heavy (non-hydrogen) atoms. The van der Waals surface area contributed by atoms with E-state index in [1.54, 1.807) is 0 Å². The van der Waals surface area contributed by atoms with Gasteiger partial charge < -0.3 is 14.4 Å². The number of hydrogen-bond acceptors (Lipinski definition) is 3. The monoisotopic (exact) mass is 263 g/mol. The maximum absolute atomic E-state index is 5.54. The Morgan fingerprint density at radius 1 is 1.10 bits per heavy atom. The van der Waals surface area contributed by atoms with Crippen molar-refractivity contribution in [1.82, 2.24) is 4.90 Å². The van der Waals surface area contributed by atoms with E-state index in [1.807, 2.05) is 0 Å². The third kappa shape index (κ3) is 1.11. The van der Waals surface area contributed by atoms with Crippen molar-refractivity contribution >= 4 is 11.6 Å². The van der Waals surface area contributed by atoms with E-state index in [9.17, 15) is 0 Å². The van der Waals surface area contributed by atoms with Crippen LogP contribution in [0.15, 0.2) is 48.8 Å². The number of rotatable bonds is 0. The molecule has 0 radical (unpaired) electrons. The van der Waals surface area contributed by atoms with E-state index in [0.29, 0.717) is 6.79 Å². The zero-order valence-electron chi connectivity index (χ0n) is 10.9. The number of allylic oxidation sites excluding steroid dienone is 2. The topological polar surface area (TPSA) is 21.7 Å². The van der Waals surface area contributed by atoms with Crippen LogP contribution in [0.4, 0.5) is 0 Å². The third-order valence-corrected chi connectivity index (χ3v) is 4.51. The third-order valence-electron chi connectivity index (χ3n) is 4.51. The molecule has 0 amide bonds. The molecule has 3 aliphatic heterocycles. The van der Waals surface area contributed by atoms with Gasteiger partial charge in [-0.2, -0.15) is 0 Å². The molecule has 0 bridgehead atoms. The van der Waals surface area contributed by atoms with Gasteiger partial charge in [0.2, 0.25) is 6.79 Å². The first-order valence-corrected chi connectivity index (χ1v) is 6.84. The second kappa shape index (κ2) is 3.37. The van der Waals surface area contributed by atoms with Crippen LogP contribution in [0.1, 0.15) is 17.5 Å². The van der Waals surface area contributed by atoms with Crippen LogP contribution in [-0.4, -0.2) is 17.2 Å². The first kappa shape index (κ1) is 10.4. The summed E-state index contributed by atoms with van der Waals surface area (Å²) in [5.41, 5.74) is 3.71. The van der Waals surface area contributed by atoms with E-state index in [-0.39, 0.29) is 5.54 Å². The fraction of sp³-hybridized carbons (Fsp3) is 0.176. The Morgan fingerprint density at radius 3 is 2.95 bits per heavy atom. The molecule has 3 heterocycles. The van der Waals surface area contributed by atoms with Crippen molar-refractivity contribution in [2.45, 2.75) is 12.0 Å². The number of nitrogens with zero attached hydrogens (tertiary/aromatic N) is 1. The van der Waals surface area contributed by atoms with Crippen LogP contribution in [-0.2, 0) is 0 Å². The second-order valence-electron chi connectivity index (χ2n) is 5.47. The smallest absolute Gasteiger partial charge is 0.231 e. The van der Waals surface area contributed by atoms with Crippen LogP contribution >= 0.6 is 0 Å². The van der Waals surface area contributed by atoms with Gasteiger partial charge in [0.1, 0.15) is 0 Å². The molecule has 3 heteroatoms. The summed E-state index contributed by atoms with van der Waals surface area (Å²) >= 11 is 0. The zero-order valence-corrected chi connectivity index (χ0v) is 10.9. The average molecular weight is 263 g/mol. The fourth-order valence-corrected chi connectivity index (χ4v) is 3.52. The molecular formula is C17H13NO2. The number of fused-ring (bicyclic) bond motifs is 3. The molecule has 1 atom stereocenters. The van der Waals surface area contributed by atoms with Crippen LogP contribution in [0.25, 0.3) is 11.6 Å². The summed E-state index contributed by atoms with van der Waals surface area (Å²) in [6, 6.07) is 4.19. The molecule has 0 N–H and O–H groups in total. The van der Waals surface area contributed by atoms with Crippen molar-refractivity contribution in [3.8, 4) is 11.5 Å². The lowest BCUT2D eigenvalue weighted by atomic mass is 9.84. The predicted octanol–water partition coefficient (Wildman–Crippen LogP) is 3.31. The summed E-state index contributed by atoms with van der Waals surface area (Å²) in [6.07, 6.45) is 16.4. The van der Waals surface area contributed by atoms with Crippen molar-refractivity contribution < 1.29 is 9.47 Å². The van der Waals surface area contributed by atoms with Gasteiger partial charge in [0.15, 0.2) is 11.5 Å². The lowest BCUT2D eigenvalue weighted by Crippen LogP contribution is -2.36. The fourth-order valence-electron chi connectivity index (χ4n) is 3.52. The standard InChI is InChI=1S/C17H13NO2/c1-3-14-13-10-16-15(19-11-20-16)9-12(13)4-8-18-7-2-6-17(14,18)5-1/h1-5,7-10H,6,11H2. The quantitative estimate of drug-likeness (QED) is 0.716. The summed E-state index contributed by atoms with van der Waals surface area (Å²) in [5, 5.41) is 0. The van der Waals surface area contributed by atoms with Crippen molar-refractivity contribution in [2.75, 3.05) is 6.79 Å². The highest BCUT2D eigenvalue weighted by molar-refractivity contribution is 5.88. The van der Waals surface area contributed by atoms with Crippen molar-refractivity contribution in [2.24, 2.45) is 0 Å². The Morgan fingerprint density at radius 2 is 2.00 bits per heavy atom. The molecule has 0 fully saturated rings. The summed E-state index contributed by atoms with van der Waals surface area (Å²) < 4.78 is 11.0. The molecule has 3 nitrogen and oxygen atoms in total. The van der Waals surface area contributed by atoms with Gasteiger partial charge in [0.05, 0.1) is 5.54 Å². The maximum atomic E-state index is 5.54. The summed E-state index contributed by atoms with van der Waals surface area (Å²) in [6.45, 7) is 0.318. The van der Waals surface area contributed by atoms with Gasteiger partial charge in [-0.05, 0) is 41.3 Å². The van der Waals surface area contributed by atoms with E-state index in [1.165, 1.54) is 16.7 Å². The largest absolute Gasteiger partial charge is 0.454 e. The van der Waals surface area contributed by atoms with Crippen LogP contribution in [0.5, 0.6) is 11.5 Å². The minimum absolute atomic E-state index is 0.0462. The number of hydrogen-bond donors (Lipinski definition) is 0. The highest BCUT2D eigenvalue weighted by Crippen LogP contribution is 2.49. The average Bonchev–Trinajstić information content (AvgIpc) is 3.16. The highest BCUT2D eigenvalue weighted by atomic mass is 16.7. The van der Waals surface area contributed by atoms with Gasteiger partial charge in [-0.25, -0.2) is 0 Å². The van der Waals surface area contributed by atoms with Crippen molar-refractivity contribution in [3.63, 3.8) is 0 Å². The van der Waals surface area contributed by atoms with Gasteiger partial charge in [-0.15, -0.1) is 0 Å². The van der Waals surface area contributed by atoms with Gasteiger partial charge >= 0.3 is 0 Å². The molecular weight excluding hydrogens is 250 g/mol. The molecule has 98 valence electrons. The Balaban J connectivity index is 1.78. The SMILES string of the molecule is C1=CC23CC=CN2C=Cc2cc4c(cc2C3=C1)OCO4. The van der Waals surface area contributed by atoms with Gasteiger partial charge in [-0.1, -0.05) is 24.3 Å². The van der Waals surface area contributed by atoms with Crippen LogP contribution in [0.3, 0.4) is 0 Å². The van der Waals surface area contributed by atoms with Crippen molar-refractivity contribution in [3.05, 3.63) is 60.0 Å². The Hall–Kier alpha value is -2.42. The molecule has 1 aromatic carbocycles. The minimum atomic E-state index is -0.0462. The van der Waals surface area contributed by atoms with E-state index >= 15 is 0 Å². The van der Waals surface area contributed by atoms with Gasteiger partial charge in [-0.3, -0.25) is 0 Å². The minimum Gasteiger partial charge on any atom is -0.454 e. The van der Waals surface area contributed by atoms with Crippen LogP contribution < -0.4 is 9.47 Å². The number of ether oxygens (including phenoxy) is 2. The number of benzene rings is 1.